The first-order chi connectivity index (χ1) is 8.59. The molecule has 0 saturated carbocycles. The first-order valence-electron chi connectivity index (χ1n) is 5.88. The number of hydrogen-bond donors (Lipinski definition) is 1. The Bertz CT molecular complexity index is 515. The SMILES string of the molecule is CC(C)OCCn1nnc(N)c1-c1ccnn1C. The molecule has 0 bridgehead atoms. The number of aryl methyl sites for hydroxylation is 1. The van der Waals surface area contributed by atoms with Crippen LogP contribution in [0.1, 0.15) is 13.8 Å². The Morgan fingerprint density at radius 2 is 2.22 bits per heavy atom. The van der Waals surface area contributed by atoms with Gasteiger partial charge in [0.25, 0.3) is 0 Å². The van der Waals surface area contributed by atoms with Gasteiger partial charge >= 0.3 is 0 Å². The van der Waals surface area contributed by atoms with E-state index in [0.717, 1.165) is 11.4 Å². The van der Waals surface area contributed by atoms with Gasteiger partial charge in [-0.2, -0.15) is 5.10 Å². The van der Waals surface area contributed by atoms with Crippen LogP contribution in [0.15, 0.2) is 12.3 Å². The summed E-state index contributed by atoms with van der Waals surface area (Å²) < 4.78 is 9.00. The van der Waals surface area contributed by atoms with Crippen molar-refractivity contribution in [1.82, 2.24) is 24.8 Å². The lowest BCUT2D eigenvalue weighted by atomic mass is 10.3. The molecule has 0 amide bonds. The minimum Gasteiger partial charge on any atom is -0.380 e. The summed E-state index contributed by atoms with van der Waals surface area (Å²) in [6.07, 6.45) is 1.92. The van der Waals surface area contributed by atoms with Crippen LogP contribution in [0.25, 0.3) is 11.4 Å². The van der Waals surface area contributed by atoms with Gasteiger partial charge in [-0.25, -0.2) is 4.68 Å². The molecule has 0 aliphatic heterocycles. The molecule has 2 aromatic heterocycles. The Balaban J connectivity index is 2.20. The molecule has 0 spiro atoms. The lowest BCUT2D eigenvalue weighted by molar-refractivity contribution is 0.0709. The third-order valence-electron chi connectivity index (χ3n) is 2.58. The van der Waals surface area contributed by atoms with Crippen molar-refractivity contribution in [1.29, 1.82) is 0 Å². The van der Waals surface area contributed by atoms with Gasteiger partial charge in [0.2, 0.25) is 0 Å². The van der Waals surface area contributed by atoms with Crippen molar-refractivity contribution in [2.75, 3.05) is 12.3 Å². The summed E-state index contributed by atoms with van der Waals surface area (Å²) in [5.41, 5.74) is 7.53. The molecule has 0 aliphatic rings. The lowest BCUT2D eigenvalue weighted by Gasteiger charge is -2.09. The van der Waals surface area contributed by atoms with Crippen LogP contribution in [-0.2, 0) is 18.3 Å². The monoisotopic (exact) mass is 250 g/mol. The highest BCUT2D eigenvalue weighted by atomic mass is 16.5. The average Bonchev–Trinajstić information content (AvgIpc) is 2.85. The Morgan fingerprint density at radius 1 is 1.44 bits per heavy atom. The van der Waals surface area contributed by atoms with Gasteiger partial charge in [-0.1, -0.05) is 5.21 Å². The van der Waals surface area contributed by atoms with Gasteiger partial charge in [0, 0.05) is 13.2 Å². The fraction of sp³-hybridized carbons (Fsp3) is 0.545. The van der Waals surface area contributed by atoms with Crippen molar-refractivity contribution in [3.05, 3.63) is 12.3 Å². The van der Waals surface area contributed by atoms with Gasteiger partial charge in [0.1, 0.15) is 5.69 Å². The van der Waals surface area contributed by atoms with Crippen molar-refractivity contribution in [3.63, 3.8) is 0 Å². The van der Waals surface area contributed by atoms with Crippen molar-refractivity contribution in [2.45, 2.75) is 26.5 Å². The van der Waals surface area contributed by atoms with Crippen molar-refractivity contribution in [3.8, 4) is 11.4 Å². The van der Waals surface area contributed by atoms with E-state index in [1.165, 1.54) is 0 Å². The zero-order valence-electron chi connectivity index (χ0n) is 10.9. The Hall–Kier alpha value is -1.89. The third kappa shape index (κ3) is 2.51. The van der Waals surface area contributed by atoms with Crippen LogP contribution >= 0.6 is 0 Å². The molecule has 2 aromatic rings. The maximum atomic E-state index is 5.86. The van der Waals surface area contributed by atoms with Gasteiger partial charge in [0.15, 0.2) is 5.82 Å². The van der Waals surface area contributed by atoms with Crippen molar-refractivity contribution in [2.24, 2.45) is 7.05 Å². The molecule has 2 heterocycles. The normalized spacial score (nSPS) is 11.3. The molecule has 7 heteroatoms. The van der Waals surface area contributed by atoms with Crippen LogP contribution in [-0.4, -0.2) is 37.5 Å². The van der Waals surface area contributed by atoms with Crippen molar-refractivity contribution >= 4 is 5.82 Å². The molecule has 0 unspecified atom stereocenters. The first-order valence-corrected chi connectivity index (χ1v) is 5.88. The van der Waals surface area contributed by atoms with Crippen LogP contribution < -0.4 is 5.73 Å². The molecule has 0 aromatic carbocycles. The molecule has 2 rings (SSSR count). The summed E-state index contributed by atoms with van der Waals surface area (Å²) in [7, 11) is 1.86. The highest BCUT2D eigenvalue weighted by Gasteiger charge is 2.15. The van der Waals surface area contributed by atoms with Gasteiger partial charge in [-0.15, -0.1) is 5.10 Å². The third-order valence-corrected chi connectivity index (χ3v) is 2.58. The van der Waals surface area contributed by atoms with Crippen LogP contribution in [0.4, 0.5) is 5.82 Å². The largest absolute Gasteiger partial charge is 0.380 e. The molecule has 2 N–H and O–H groups in total. The molecule has 0 fully saturated rings. The van der Waals surface area contributed by atoms with Crippen LogP contribution in [0, 0.1) is 0 Å². The maximum Gasteiger partial charge on any atom is 0.175 e. The maximum absolute atomic E-state index is 5.86. The zero-order chi connectivity index (χ0) is 13.1. The molecule has 0 radical (unpaired) electrons. The predicted octanol–water partition coefficient (Wildman–Crippen LogP) is 0.686. The van der Waals surface area contributed by atoms with Gasteiger partial charge < -0.3 is 10.5 Å². The fourth-order valence-electron chi connectivity index (χ4n) is 1.73. The van der Waals surface area contributed by atoms with E-state index in [2.05, 4.69) is 15.4 Å². The minimum absolute atomic E-state index is 0.200. The van der Waals surface area contributed by atoms with E-state index in [9.17, 15) is 0 Å². The summed E-state index contributed by atoms with van der Waals surface area (Å²) in [5, 5.41) is 12.1. The second-order valence-corrected chi connectivity index (χ2v) is 4.31. The summed E-state index contributed by atoms with van der Waals surface area (Å²) in [6.45, 7) is 5.18. The van der Waals surface area contributed by atoms with Crippen LogP contribution in [0.3, 0.4) is 0 Å². The Morgan fingerprint density at radius 3 is 2.83 bits per heavy atom. The molecule has 7 nitrogen and oxygen atoms in total. The highest BCUT2D eigenvalue weighted by molar-refractivity contribution is 5.66. The van der Waals surface area contributed by atoms with E-state index in [-0.39, 0.29) is 6.10 Å². The van der Waals surface area contributed by atoms with Crippen LogP contribution in [0.2, 0.25) is 0 Å². The zero-order valence-corrected chi connectivity index (χ0v) is 10.9. The Kier molecular flexibility index (Phi) is 3.61. The van der Waals surface area contributed by atoms with E-state index in [1.807, 2.05) is 27.0 Å². The number of nitrogens with two attached hydrogens (primary N) is 1. The van der Waals surface area contributed by atoms with Gasteiger partial charge in [-0.3, -0.25) is 4.68 Å². The number of aromatic nitrogens is 5. The molecule has 0 atom stereocenters. The summed E-state index contributed by atoms with van der Waals surface area (Å²) in [6, 6.07) is 1.88. The summed E-state index contributed by atoms with van der Waals surface area (Å²) in [5.74, 6) is 0.406. The number of nitrogen functional groups attached to an aromatic ring is 1. The number of ether oxygens (including phenoxy) is 1. The smallest absolute Gasteiger partial charge is 0.175 e. The number of nitrogens with zero attached hydrogens (tertiary/aromatic N) is 5. The molecule has 0 saturated heterocycles. The van der Waals surface area contributed by atoms with E-state index in [1.54, 1.807) is 15.6 Å². The van der Waals surface area contributed by atoms with E-state index in [0.29, 0.717) is 19.0 Å². The van der Waals surface area contributed by atoms with Crippen molar-refractivity contribution < 1.29 is 4.74 Å². The minimum atomic E-state index is 0.200. The summed E-state index contributed by atoms with van der Waals surface area (Å²) >= 11 is 0. The number of rotatable bonds is 5. The lowest BCUT2D eigenvalue weighted by Crippen LogP contribution is -2.13. The fourth-order valence-corrected chi connectivity index (χ4v) is 1.73. The summed E-state index contributed by atoms with van der Waals surface area (Å²) in [4.78, 5) is 0. The van der Waals surface area contributed by atoms with E-state index >= 15 is 0 Å². The molecule has 18 heavy (non-hydrogen) atoms. The number of anilines is 1. The standard InChI is InChI=1S/C11H18N6O/c1-8(2)18-7-6-17-10(11(12)14-15-17)9-4-5-13-16(9)3/h4-5,8H,6-7,12H2,1-3H3. The molecule has 0 aliphatic carbocycles. The molecule has 98 valence electrons. The highest BCUT2D eigenvalue weighted by Crippen LogP contribution is 2.22. The predicted molar refractivity (Wildman–Crippen MR) is 67.7 cm³/mol. The average molecular weight is 250 g/mol. The second-order valence-electron chi connectivity index (χ2n) is 4.31. The van der Waals surface area contributed by atoms with E-state index < -0.39 is 0 Å². The quantitative estimate of drug-likeness (QED) is 0.843. The Labute approximate surface area is 106 Å². The number of hydrogen-bond acceptors (Lipinski definition) is 5. The van der Waals surface area contributed by atoms with Crippen LogP contribution in [0.5, 0.6) is 0 Å². The van der Waals surface area contributed by atoms with E-state index in [4.69, 9.17) is 10.5 Å². The molecular weight excluding hydrogens is 232 g/mol. The first kappa shape index (κ1) is 12.6. The molecular formula is C11H18N6O. The van der Waals surface area contributed by atoms with Gasteiger partial charge in [-0.05, 0) is 19.9 Å². The van der Waals surface area contributed by atoms with Gasteiger partial charge in [0.05, 0.1) is 24.9 Å². The second kappa shape index (κ2) is 5.18. The topological polar surface area (TPSA) is 83.8 Å².